The molecule has 1 aromatic carbocycles. The summed E-state index contributed by atoms with van der Waals surface area (Å²) in [6.07, 6.45) is 2.80. The molecule has 0 aliphatic rings. The van der Waals surface area contributed by atoms with Crippen molar-refractivity contribution in [2.75, 3.05) is 4.72 Å². The number of nitrogens with one attached hydrogen (secondary N) is 1. The largest absolute Gasteiger partial charge is 0.392 e. The first-order valence-corrected chi connectivity index (χ1v) is 6.83. The van der Waals surface area contributed by atoms with Crippen molar-refractivity contribution in [3.63, 3.8) is 0 Å². The number of rotatable bonds is 4. The number of halogens is 1. The van der Waals surface area contributed by atoms with Gasteiger partial charge in [0.1, 0.15) is 10.7 Å². The zero-order valence-corrected chi connectivity index (χ0v) is 10.6. The van der Waals surface area contributed by atoms with Crippen molar-refractivity contribution in [1.29, 1.82) is 0 Å². The number of sulfonamides is 1. The second kappa shape index (κ2) is 5.33. The summed E-state index contributed by atoms with van der Waals surface area (Å²) >= 11 is 0. The first-order valence-electron chi connectivity index (χ1n) is 5.35. The molecule has 0 bridgehead atoms. The van der Waals surface area contributed by atoms with Crippen molar-refractivity contribution >= 4 is 15.7 Å². The number of benzene rings is 1. The van der Waals surface area contributed by atoms with Crippen LogP contribution in [-0.2, 0) is 16.6 Å². The predicted octanol–water partition coefficient (Wildman–Crippen LogP) is 1.51. The molecule has 0 amide bonds. The molecular formula is C12H11FN2O3S. The van der Waals surface area contributed by atoms with Gasteiger partial charge in [-0.1, -0.05) is 6.07 Å². The lowest BCUT2D eigenvalue weighted by atomic mass is 10.2. The Kier molecular flexibility index (Phi) is 3.77. The molecule has 0 atom stereocenters. The van der Waals surface area contributed by atoms with Gasteiger partial charge in [0.25, 0.3) is 10.0 Å². The van der Waals surface area contributed by atoms with E-state index in [0.717, 1.165) is 12.1 Å². The van der Waals surface area contributed by atoms with Gasteiger partial charge in [-0.15, -0.1) is 0 Å². The fourth-order valence-corrected chi connectivity index (χ4v) is 2.66. The molecule has 7 heteroatoms. The topological polar surface area (TPSA) is 79.3 Å². The van der Waals surface area contributed by atoms with Crippen molar-refractivity contribution in [3.05, 3.63) is 54.1 Å². The molecule has 0 fully saturated rings. The van der Waals surface area contributed by atoms with Gasteiger partial charge < -0.3 is 5.11 Å². The van der Waals surface area contributed by atoms with Crippen LogP contribution in [0.2, 0.25) is 0 Å². The molecule has 0 saturated carbocycles. The van der Waals surface area contributed by atoms with E-state index in [1.807, 2.05) is 0 Å². The molecule has 0 unspecified atom stereocenters. The van der Waals surface area contributed by atoms with Gasteiger partial charge in [0, 0.05) is 6.20 Å². The summed E-state index contributed by atoms with van der Waals surface area (Å²) in [5.41, 5.74) is 0.546. The van der Waals surface area contributed by atoms with Crippen LogP contribution in [0.1, 0.15) is 5.56 Å². The van der Waals surface area contributed by atoms with Gasteiger partial charge >= 0.3 is 0 Å². The maximum atomic E-state index is 13.6. The van der Waals surface area contributed by atoms with Gasteiger partial charge in [-0.25, -0.2) is 12.8 Å². The smallest absolute Gasteiger partial charge is 0.264 e. The average molecular weight is 282 g/mol. The van der Waals surface area contributed by atoms with Crippen molar-refractivity contribution in [2.45, 2.75) is 11.5 Å². The highest BCUT2D eigenvalue weighted by molar-refractivity contribution is 7.92. The third kappa shape index (κ3) is 3.07. The second-order valence-electron chi connectivity index (χ2n) is 3.77. The Bertz CT molecular complexity index is 675. The summed E-state index contributed by atoms with van der Waals surface area (Å²) in [4.78, 5) is 3.25. The predicted molar refractivity (Wildman–Crippen MR) is 67.4 cm³/mol. The number of hydrogen-bond acceptors (Lipinski definition) is 4. The molecule has 19 heavy (non-hydrogen) atoms. The molecule has 2 rings (SSSR count). The van der Waals surface area contributed by atoms with Crippen molar-refractivity contribution < 1.29 is 17.9 Å². The zero-order chi connectivity index (χ0) is 13.9. The van der Waals surface area contributed by atoms with Crippen LogP contribution >= 0.6 is 0 Å². The van der Waals surface area contributed by atoms with Gasteiger partial charge in [-0.05, 0) is 29.8 Å². The lowest BCUT2D eigenvalue weighted by Gasteiger charge is -2.09. The molecule has 0 radical (unpaired) electrons. The molecule has 1 heterocycles. The van der Waals surface area contributed by atoms with E-state index < -0.39 is 20.7 Å². The van der Waals surface area contributed by atoms with Crippen molar-refractivity contribution in [2.24, 2.45) is 0 Å². The normalized spacial score (nSPS) is 11.3. The molecule has 0 spiro atoms. The van der Waals surface area contributed by atoms with Gasteiger partial charge in [-0.2, -0.15) is 0 Å². The monoisotopic (exact) mass is 282 g/mol. The van der Waals surface area contributed by atoms with Crippen molar-refractivity contribution in [3.8, 4) is 0 Å². The summed E-state index contributed by atoms with van der Waals surface area (Å²) in [6, 6.07) is 6.46. The first kappa shape index (κ1) is 13.4. The quantitative estimate of drug-likeness (QED) is 0.891. The standard InChI is InChI=1S/C12H11FN2O3S/c13-11-4-3-9(8-16)6-12(11)19(17,18)15-10-2-1-5-14-7-10/h1-7,15-16H,8H2. The van der Waals surface area contributed by atoms with Crippen LogP contribution in [0.3, 0.4) is 0 Å². The number of aliphatic hydroxyl groups excluding tert-OH is 1. The molecule has 0 aliphatic carbocycles. The van der Waals surface area contributed by atoms with Crippen LogP contribution in [0, 0.1) is 5.82 Å². The Labute approximate surface area is 109 Å². The highest BCUT2D eigenvalue weighted by atomic mass is 32.2. The Morgan fingerprint density at radius 3 is 2.74 bits per heavy atom. The summed E-state index contributed by atoms with van der Waals surface area (Å²) in [7, 11) is -4.05. The maximum Gasteiger partial charge on any atom is 0.264 e. The van der Waals surface area contributed by atoms with E-state index in [2.05, 4.69) is 9.71 Å². The summed E-state index contributed by atoms with van der Waals surface area (Å²) in [6.45, 7) is -0.365. The molecule has 0 aliphatic heterocycles. The molecule has 5 nitrogen and oxygen atoms in total. The second-order valence-corrected chi connectivity index (χ2v) is 5.42. The summed E-state index contributed by atoms with van der Waals surface area (Å²) < 4.78 is 39.9. The van der Waals surface area contributed by atoms with Crippen molar-refractivity contribution in [1.82, 2.24) is 4.98 Å². The number of nitrogens with zero attached hydrogens (tertiary/aromatic N) is 1. The molecule has 2 aromatic rings. The number of hydrogen-bond donors (Lipinski definition) is 2. The van der Waals surface area contributed by atoms with Crippen LogP contribution < -0.4 is 4.72 Å². The molecule has 2 N–H and O–H groups in total. The Morgan fingerprint density at radius 2 is 2.11 bits per heavy atom. The average Bonchev–Trinajstić information content (AvgIpc) is 2.39. The Hall–Kier alpha value is -1.99. The van der Waals surface area contributed by atoms with E-state index in [0.29, 0.717) is 5.56 Å². The van der Waals surface area contributed by atoms with Crippen LogP contribution in [-0.4, -0.2) is 18.5 Å². The van der Waals surface area contributed by atoms with Gasteiger partial charge in [-0.3, -0.25) is 9.71 Å². The number of aliphatic hydroxyl groups is 1. The number of anilines is 1. The third-order valence-electron chi connectivity index (χ3n) is 2.38. The highest BCUT2D eigenvalue weighted by Crippen LogP contribution is 2.19. The van der Waals surface area contributed by atoms with Crippen LogP contribution in [0.5, 0.6) is 0 Å². The Morgan fingerprint density at radius 1 is 1.32 bits per heavy atom. The van der Waals surface area contributed by atoms with Crippen LogP contribution in [0.15, 0.2) is 47.6 Å². The fourth-order valence-electron chi connectivity index (χ4n) is 1.49. The SMILES string of the molecule is O=S(=O)(Nc1cccnc1)c1cc(CO)ccc1F. The lowest BCUT2D eigenvalue weighted by molar-refractivity contribution is 0.281. The van der Waals surface area contributed by atoms with Gasteiger partial charge in [0.05, 0.1) is 18.5 Å². The van der Waals surface area contributed by atoms with E-state index >= 15 is 0 Å². The molecule has 1 aromatic heterocycles. The molecule has 100 valence electrons. The fraction of sp³-hybridized carbons (Fsp3) is 0.0833. The zero-order valence-electron chi connectivity index (χ0n) is 9.75. The van der Waals surface area contributed by atoms with Gasteiger partial charge in [0.15, 0.2) is 0 Å². The number of aromatic nitrogens is 1. The molecular weight excluding hydrogens is 271 g/mol. The minimum absolute atomic E-state index is 0.233. The van der Waals surface area contributed by atoms with E-state index in [-0.39, 0.29) is 12.3 Å². The summed E-state index contributed by atoms with van der Waals surface area (Å²) in [5.74, 6) is -0.881. The van der Waals surface area contributed by atoms with E-state index in [9.17, 15) is 12.8 Å². The minimum Gasteiger partial charge on any atom is -0.392 e. The molecule has 0 saturated heterocycles. The van der Waals surface area contributed by atoms with Crippen LogP contribution in [0.4, 0.5) is 10.1 Å². The lowest BCUT2D eigenvalue weighted by Crippen LogP contribution is -2.15. The Balaban J connectivity index is 2.39. The highest BCUT2D eigenvalue weighted by Gasteiger charge is 2.19. The maximum absolute atomic E-state index is 13.6. The third-order valence-corrected chi connectivity index (χ3v) is 3.78. The number of pyridine rings is 1. The van der Waals surface area contributed by atoms with Gasteiger partial charge in [0.2, 0.25) is 0 Å². The minimum atomic E-state index is -4.05. The van der Waals surface area contributed by atoms with Crippen LogP contribution in [0.25, 0.3) is 0 Å². The summed E-state index contributed by atoms with van der Waals surface area (Å²) in [5, 5.41) is 8.96. The first-order chi connectivity index (χ1) is 9.03. The van der Waals surface area contributed by atoms with E-state index in [1.54, 1.807) is 6.07 Å². The van der Waals surface area contributed by atoms with E-state index in [1.165, 1.54) is 24.5 Å². The van der Waals surface area contributed by atoms with E-state index in [4.69, 9.17) is 5.11 Å².